The Labute approximate surface area is 101 Å². The Morgan fingerprint density at radius 1 is 1.27 bits per heavy atom. The Kier molecular flexibility index (Phi) is 3.05. The van der Waals surface area contributed by atoms with Crippen LogP contribution in [0.25, 0.3) is 11.3 Å². The van der Waals surface area contributed by atoms with Crippen molar-refractivity contribution in [2.75, 3.05) is 0 Å². The lowest BCUT2D eigenvalue weighted by Gasteiger charge is -1.96. The summed E-state index contributed by atoms with van der Waals surface area (Å²) in [4.78, 5) is 0. The van der Waals surface area contributed by atoms with Gasteiger partial charge in [0.05, 0.1) is 0 Å². The van der Waals surface area contributed by atoms with Crippen molar-refractivity contribution in [3.8, 4) is 11.3 Å². The van der Waals surface area contributed by atoms with Crippen LogP contribution in [0.4, 0.5) is 0 Å². The van der Waals surface area contributed by atoms with E-state index in [0.29, 0.717) is 5.76 Å². The molecule has 3 nitrogen and oxygen atoms in total. The normalized spacial score (nSPS) is 11.0. The lowest BCUT2D eigenvalue weighted by atomic mass is 10.2. The summed E-state index contributed by atoms with van der Waals surface area (Å²) in [5.74, 6) is 1.30. The molecule has 1 aromatic heterocycles. The third-order valence-corrected chi connectivity index (χ3v) is 2.59. The molecule has 2 rings (SSSR count). The molecule has 0 aliphatic carbocycles. The van der Waals surface area contributed by atoms with Gasteiger partial charge in [-0.1, -0.05) is 17.3 Å². The highest BCUT2D eigenvalue weighted by molar-refractivity contribution is 14.1. The van der Waals surface area contributed by atoms with E-state index in [1.54, 1.807) is 6.07 Å². The maximum absolute atomic E-state index is 8.35. The van der Waals surface area contributed by atoms with Crippen LogP contribution in [-0.2, 0) is 0 Å². The topological polar surface area (TPSA) is 45.7 Å². The van der Waals surface area contributed by atoms with E-state index in [-0.39, 0.29) is 0 Å². The predicted octanol–water partition coefficient (Wildman–Crippen LogP) is 3.36. The quantitative estimate of drug-likeness (QED) is 0.400. The van der Waals surface area contributed by atoms with E-state index in [0.717, 1.165) is 14.9 Å². The molecule has 0 amide bonds. The smallest absolute Gasteiger partial charge is 0.149 e. The Morgan fingerprint density at radius 3 is 2.87 bits per heavy atom. The summed E-state index contributed by atoms with van der Waals surface area (Å²) in [5, 5.41) is 11.3. The number of nitrogens with zero attached hydrogens (tertiary/aromatic N) is 1. The van der Waals surface area contributed by atoms with Gasteiger partial charge in [-0.25, -0.2) is 0 Å². The van der Waals surface area contributed by atoms with Crippen molar-refractivity contribution in [3.63, 3.8) is 0 Å². The van der Waals surface area contributed by atoms with Crippen molar-refractivity contribution in [1.29, 1.82) is 0 Å². The summed E-state index contributed by atoms with van der Waals surface area (Å²) < 4.78 is 6.60. The first-order chi connectivity index (χ1) is 7.29. The van der Waals surface area contributed by atoms with Gasteiger partial charge in [-0.3, -0.25) is 0 Å². The van der Waals surface area contributed by atoms with Crippen molar-refractivity contribution in [2.24, 2.45) is 5.16 Å². The number of hydrogen-bond acceptors (Lipinski definition) is 3. The SMILES string of the molecule is O/N=C\c1ccc(-c2cccc(I)c2)o1. The summed E-state index contributed by atoms with van der Waals surface area (Å²) >= 11 is 2.25. The zero-order valence-corrected chi connectivity index (χ0v) is 9.88. The fraction of sp³-hybridized carbons (Fsp3) is 0. The summed E-state index contributed by atoms with van der Waals surface area (Å²) in [6.07, 6.45) is 1.26. The van der Waals surface area contributed by atoms with E-state index >= 15 is 0 Å². The molecule has 1 N–H and O–H groups in total. The highest BCUT2D eigenvalue weighted by atomic mass is 127. The molecule has 1 aromatic carbocycles. The minimum absolute atomic E-state index is 0.534. The molecule has 0 atom stereocenters. The van der Waals surface area contributed by atoms with Crippen LogP contribution in [0, 0.1) is 3.57 Å². The fourth-order valence-electron chi connectivity index (χ4n) is 1.28. The molecular formula is C11H8INO2. The lowest BCUT2D eigenvalue weighted by Crippen LogP contribution is -1.76. The number of furan rings is 1. The Balaban J connectivity index is 2.37. The van der Waals surface area contributed by atoms with Gasteiger partial charge in [-0.15, -0.1) is 0 Å². The summed E-state index contributed by atoms with van der Waals surface area (Å²) in [7, 11) is 0. The third-order valence-electron chi connectivity index (χ3n) is 1.92. The van der Waals surface area contributed by atoms with Crippen molar-refractivity contribution in [2.45, 2.75) is 0 Å². The molecule has 0 aliphatic rings. The number of oxime groups is 1. The minimum Gasteiger partial charge on any atom is -0.455 e. The summed E-state index contributed by atoms with van der Waals surface area (Å²) in [5.41, 5.74) is 1.01. The molecule has 1 heterocycles. The van der Waals surface area contributed by atoms with E-state index < -0.39 is 0 Å². The second-order valence-corrected chi connectivity index (χ2v) is 4.20. The summed E-state index contributed by atoms with van der Waals surface area (Å²) in [6.45, 7) is 0. The maximum atomic E-state index is 8.35. The maximum Gasteiger partial charge on any atom is 0.149 e. The molecule has 0 bridgehead atoms. The van der Waals surface area contributed by atoms with E-state index in [4.69, 9.17) is 9.62 Å². The van der Waals surface area contributed by atoms with Gasteiger partial charge in [0.15, 0.2) is 0 Å². The van der Waals surface area contributed by atoms with E-state index in [9.17, 15) is 0 Å². The van der Waals surface area contributed by atoms with E-state index in [1.807, 2.05) is 30.3 Å². The molecule has 15 heavy (non-hydrogen) atoms. The van der Waals surface area contributed by atoms with Gasteiger partial charge in [-0.2, -0.15) is 0 Å². The standard InChI is InChI=1S/C11H8INO2/c12-9-3-1-2-8(6-9)11-5-4-10(15-11)7-13-14/h1-7,14H/b13-7-. The second kappa shape index (κ2) is 4.48. The van der Waals surface area contributed by atoms with Crippen LogP contribution >= 0.6 is 22.6 Å². The molecule has 0 radical (unpaired) electrons. The van der Waals surface area contributed by atoms with Crippen LogP contribution in [0.2, 0.25) is 0 Å². The van der Waals surface area contributed by atoms with Gasteiger partial charge in [0, 0.05) is 9.13 Å². The highest BCUT2D eigenvalue weighted by Crippen LogP contribution is 2.22. The number of benzene rings is 1. The Morgan fingerprint density at radius 2 is 2.13 bits per heavy atom. The molecule has 0 fully saturated rings. The first kappa shape index (κ1) is 10.2. The zero-order chi connectivity index (χ0) is 10.7. The van der Waals surface area contributed by atoms with Crippen molar-refractivity contribution in [3.05, 3.63) is 45.7 Å². The molecule has 0 saturated carbocycles. The van der Waals surface area contributed by atoms with Crippen LogP contribution in [0.1, 0.15) is 5.76 Å². The number of halogens is 1. The molecule has 76 valence electrons. The average Bonchev–Trinajstić information content (AvgIpc) is 2.67. The van der Waals surface area contributed by atoms with Gasteiger partial charge in [0.25, 0.3) is 0 Å². The highest BCUT2D eigenvalue weighted by Gasteiger charge is 2.03. The van der Waals surface area contributed by atoms with E-state index in [2.05, 4.69) is 27.7 Å². The Hall–Kier alpha value is -1.30. The monoisotopic (exact) mass is 313 g/mol. The molecule has 0 aliphatic heterocycles. The van der Waals surface area contributed by atoms with Gasteiger partial charge < -0.3 is 9.62 Å². The van der Waals surface area contributed by atoms with Gasteiger partial charge in [0.2, 0.25) is 0 Å². The second-order valence-electron chi connectivity index (χ2n) is 2.96. The Bertz CT molecular complexity index is 491. The molecule has 4 heteroatoms. The molecular weight excluding hydrogens is 305 g/mol. The van der Waals surface area contributed by atoms with Crippen LogP contribution in [0.5, 0.6) is 0 Å². The molecule has 0 saturated heterocycles. The van der Waals surface area contributed by atoms with Crippen LogP contribution in [0.3, 0.4) is 0 Å². The molecule has 2 aromatic rings. The lowest BCUT2D eigenvalue weighted by molar-refractivity contribution is 0.321. The number of rotatable bonds is 2. The number of hydrogen-bond donors (Lipinski definition) is 1. The zero-order valence-electron chi connectivity index (χ0n) is 7.72. The largest absolute Gasteiger partial charge is 0.455 e. The summed E-state index contributed by atoms with van der Waals surface area (Å²) in [6, 6.07) is 11.6. The predicted molar refractivity (Wildman–Crippen MR) is 66.2 cm³/mol. The van der Waals surface area contributed by atoms with Crippen molar-refractivity contribution < 1.29 is 9.62 Å². The first-order valence-corrected chi connectivity index (χ1v) is 5.40. The van der Waals surface area contributed by atoms with Gasteiger partial charge >= 0.3 is 0 Å². The van der Waals surface area contributed by atoms with Crippen LogP contribution in [-0.4, -0.2) is 11.4 Å². The first-order valence-electron chi connectivity index (χ1n) is 4.33. The van der Waals surface area contributed by atoms with E-state index in [1.165, 1.54) is 6.21 Å². The fourth-order valence-corrected chi connectivity index (χ4v) is 1.82. The van der Waals surface area contributed by atoms with Crippen molar-refractivity contribution in [1.82, 2.24) is 0 Å². The minimum atomic E-state index is 0.534. The van der Waals surface area contributed by atoms with Crippen LogP contribution in [0.15, 0.2) is 46.0 Å². The molecule has 0 unspecified atom stereocenters. The third kappa shape index (κ3) is 2.38. The van der Waals surface area contributed by atoms with Crippen molar-refractivity contribution >= 4 is 28.8 Å². The molecule has 0 spiro atoms. The van der Waals surface area contributed by atoms with Gasteiger partial charge in [0.1, 0.15) is 17.7 Å². The van der Waals surface area contributed by atoms with Gasteiger partial charge in [-0.05, 0) is 46.9 Å². The average molecular weight is 313 g/mol. The van der Waals surface area contributed by atoms with Crippen LogP contribution < -0.4 is 0 Å².